The van der Waals surface area contributed by atoms with Gasteiger partial charge in [-0.1, -0.05) is 0 Å². The van der Waals surface area contributed by atoms with Crippen molar-refractivity contribution < 1.29 is 9.47 Å². The maximum atomic E-state index is 5.44. The summed E-state index contributed by atoms with van der Waals surface area (Å²) in [6.07, 6.45) is 0.754. The first kappa shape index (κ1) is 8.97. The van der Waals surface area contributed by atoms with Gasteiger partial charge >= 0.3 is 0 Å². The summed E-state index contributed by atoms with van der Waals surface area (Å²) in [6, 6.07) is 0. The minimum absolute atomic E-state index is 0.318. The molecular formula is C8H17NO2. The Kier molecular flexibility index (Phi) is 3.83. The Morgan fingerprint density at radius 1 is 1.36 bits per heavy atom. The second-order valence-corrected chi connectivity index (χ2v) is 3.07. The lowest BCUT2D eigenvalue weighted by Crippen LogP contribution is -2.48. The normalized spacial score (nSPS) is 18.8. The van der Waals surface area contributed by atoms with Crippen LogP contribution in [-0.2, 0) is 9.47 Å². The lowest BCUT2D eigenvalue weighted by molar-refractivity contribution is -0.0293. The van der Waals surface area contributed by atoms with Gasteiger partial charge in [0.25, 0.3) is 0 Å². The molecular weight excluding hydrogens is 142 g/mol. The molecule has 0 aromatic heterocycles. The predicted octanol–water partition coefficient (Wildman–Crippen LogP) is 0.400. The summed E-state index contributed by atoms with van der Waals surface area (Å²) >= 11 is 0. The van der Waals surface area contributed by atoms with E-state index in [-0.39, 0.29) is 0 Å². The van der Waals surface area contributed by atoms with Gasteiger partial charge in [-0.3, -0.25) is 0 Å². The molecule has 0 spiro atoms. The first-order valence-electron chi connectivity index (χ1n) is 4.23. The molecule has 1 saturated heterocycles. The Balaban J connectivity index is 1.80. The van der Waals surface area contributed by atoms with Crippen molar-refractivity contribution in [3.63, 3.8) is 0 Å². The number of hydrogen-bond acceptors (Lipinski definition) is 3. The maximum Gasteiger partial charge on any atom is 0.0824 e. The van der Waals surface area contributed by atoms with Crippen LogP contribution in [0.2, 0.25) is 0 Å². The van der Waals surface area contributed by atoms with E-state index in [2.05, 4.69) is 5.32 Å². The molecule has 0 aromatic carbocycles. The van der Waals surface area contributed by atoms with E-state index in [0.717, 1.165) is 19.7 Å². The van der Waals surface area contributed by atoms with Gasteiger partial charge in [0.15, 0.2) is 0 Å². The van der Waals surface area contributed by atoms with Crippen molar-refractivity contribution in [2.45, 2.75) is 26.1 Å². The molecule has 0 aromatic rings. The summed E-state index contributed by atoms with van der Waals surface area (Å²) in [6.45, 7) is 7.51. The van der Waals surface area contributed by atoms with Gasteiger partial charge in [0.05, 0.1) is 25.4 Å². The number of nitrogens with one attached hydrogen (secondary N) is 1. The fraction of sp³-hybridized carbons (Fsp3) is 1.00. The van der Waals surface area contributed by atoms with Crippen molar-refractivity contribution in [2.75, 3.05) is 26.3 Å². The average molecular weight is 159 g/mol. The molecule has 11 heavy (non-hydrogen) atoms. The van der Waals surface area contributed by atoms with E-state index < -0.39 is 0 Å². The van der Waals surface area contributed by atoms with E-state index in [1.165, 1.54) is 0 Å². The van der Waals surface area contributed by atoms with Crippen LogP contribution < -0.4 is 5.32 Å². The average Bonchev–Trinajstić information content (AvgIpc) is 1.82. The van der Waals surface area contributed by atoms with Crippen LogP contribution in [-0.4, -0.2) is 38.5 Å². The van der Waals surface area contributed by atoms with E-state index in [1.54, 1.807) is 0 Å². The predicted molar refractivity (Wildman–Crippen MR) is 43.7 cm³/mol. The van der Waals surface area contributed by atoms with Crippen LogP contribution in [0.5, 0.6) is 0 Å². The Morgan fingerprint density at radius 2 is 2.09 bits per heavy atom. The molecule has 0 amide bonds. The number of rotatable bonds is 5. The molecule has 1 aliphatic rings. The van der Waals surface area contributed by atoms with Crippen LogP contribution in [0.4, 0.5) is 0 Å². The van der Waals surface area contributed by atoms with Crippen LogP contribution >= 0.6 is 0 Å². The third-order valence-electron chi connectivity index (χ3n) is 1.63. The topological polar surface area (TPSA) is 30.5 Å². The van der Waals surface area contributed by atoms with Crippen molar-refractivity contribution in [1.29, 1.82) is 0 Å². The van der Waals surface area contributed by atoms with Crippen molar-refractivity contribution in [2.24, 2.45) is 0 Å². The smallest absolute Gasteiger partial charge is 0.0824 e. The monoisotopic (exact) mass is 159 g/mol. The van der Waals surface area contributed by atoms with Crippen LogP contribution in [0.1, 0.15) is 13.8 Å². The van der Waals surface area contributed by atoms with Crippen LogP contribution in [0.3, 0.4) is 0 Å². The third-order valence-corrected chi connectivity index (χ3v) is 1.63. The van der Waals surface area contributed by atoms with Crippen LogP contribution in [0.25, 0.3) is 0 Å². The molecule has 0 unspecified atom stereocenters. The largest absolute Gasteiger partial charge is 0.376 e. The van der Waals surface area contributed by atoms with E-state index in [0.29, 0.717) is 18.8 Å². The molecule has 3 nitrogen and oxygen atoms in total. The molecule has 1 heterocycles. The molecule has 0 aliphatic carbocycles. The van der Waals surface area contributed by atoms with Crippen molar-refractivity contribution in [3.8, 4) is 0 Å². The maximum absolute atomic E-state index is 5.44. The van der Waals surface area contributed by atoms with Gasteiger partial charge in [-0.15, -0.1) is 0 Å². The molecule has 0 atom stereocenters. The van der Waals surface area contributed by atoms with Gasteiger partial charge in [-0.25, -0.2) is 0 Å². The van der Waals surface area contributed by atoms with Gasteiger partial charge in [-0.2, -0.15) is 0 Å². The van der Waals surface area contributed by atoms with Gasteiger partial charge in [0.2, 0.25) is 0 Å². The minimum atomic E-state index is 0.318. The molecule has 1 fully saturated rings. The van der Waals surface area contributed by atoms with Crippen molar-refractivity contribution in [3.05, 3.63) is 0 Å². The van der Waals surface area contributed by atoms with Gasteiger partial charge in [0, 0.05) is 13.1 Å². The fourth-order valence-corrected chi connectivity index (χ4v) is 0.879. The Morgan fingerprint density at radius 3 is 2.55 bits per heavy atom. The van der Waals surface area contributed by atoms with E-state index in [1.807, 2.05) is 13.8 Å². The quantitative estimate of drug-likeness (QED) is 0.589. The molecule has 66 valence electrons. The lowest BCUT2D eigenvalue weighted by atomic mass is 10.2. The summed E-state index contributed by atoms with van der Waals surface area (Å²) in [4.78, 5) is 0. The highest BCUT2D eigenvalue weighted by Gasteiger charge is 2.16. The summed E-state index contributed by atoms with van der Waals surface area (Å²) in [5.74, 6) is 0. The highest BCUT2D eigenvalue weighted by atomic mass is 16.5. The molecule has 1 aliphatic heterocycles. The fourth-order valence-electron chi connectivity index (χ4n) is 0.879. The van der Waals surface area contributed by atoms with E-state index >= 15 is 0 Å². The Hall–Kier alpha value is -0.120. The first-order valence-corrected chi connectivity index (χ1v) is 4.23. The number of ether oxygens (including phenoxy) is 2. The highest BCUT2D eigenvalue weighted by molar-refractivity contribution is 4.74. The highest BCUT2D eigenvalue weighted by Crippen LogP contribution is 1.97. The SMILES string of the molecule is CC(C)OCCOC1CNC1. The zero-order valence-electron chi connectivity index (χ0n) is 7.30. The summed E-state index contributed by atoms with van der Waals surface area (Å²) in [5.41, 5.74) is 0. The summed E-state index contributed by atoms with van der Waals surface area (Å²) in [7, 11) is 0. The second kappa shape index (κ2) is 4.70. The van der Waals surface area contributed by atoms with Gasteiger partial charge in [0.1, 0.15) is 0 Å². The van der Waals surface area contributed by atoms with Crippen LogP contribution in [0.15, 0.2) is 0 Å². The summed E-state index contributed by atoms with van der Waals surface area (Å²) in [5, 5.41) is 3.15. The van der Waals surface area contributed by atoms with E-state index in [4.69, 9.17) is 9.47 Å². The molecule has 3 heteroatoms. The molecule has 1 rings (SSSR count). The first-order chi connectivity index (χ1) is 5.29. The second-order valence-electron chi connectivity index (χ2n) is 3.07. The summed E-state index contributed by atoms with van der Waals surface area (Å²) < 4.78 is 10.8. The van der Waals surface area contributed by atoms with E-state index in [9.17, 15) is 0 Å². The zero-order chi connectivity index (χ0) is 8.10. The minimum Gasteiger partial charge on any atom is -0.376 e. The molecule has 0 radical (unpaired) electrons. The van der Waals surface area contributed by atoms with Crippen molar-refractivity contribution >= 4 is 0 Å². The molecule has 0 saturated carbocycles. The van der Waals surface area contributed by atoms with Crippen molar-refractivity contribution in [1.82, 2.24) is 5.32 Å². The molecule has 1 N–H and O–H groups in total. The lowest BCUT2D eigenvalue weighted by Gasteiger charge is -2.27. The number of hydrogen-bond donors (Lipinski definition) is 1. The van der Waals surface area contributed by atoms with Gasteiger partial charge in [-0.05, 0) is 13.8 Å². The van der Waals surface area contributed by atoms with Crippen LogP contribution in [0, 0.1) is 0 Å². The Bertz CT molecular complexity index is 102. The zero-order valence-corrected chi connectivity index (χ0v) is 7.30. The Labute approximate surface area is 68.1 Å². The third kappa shape index (κ3) is 3.70. The van der Waals surface area contributed by atoms with Gasteiger partial charge < -0.3 is 14.8 Å². The standard InChI is InChI=1S/C8H17NO2/c1-7(2)10-3-4-11-8-5-9-6-8/h7-9H,3-6H2,1-2H3. The molecule has 0 bridgehead atoms.